The molecule has 0 aliphatic carbocycles. The minimum atomic E-state index is -3.08. The number of rotatable bonds is 3. The molecule has 1 amide bonds. The third-order valence-electron chi connectivity index (χ3n) is 4.60. The summed E-state index contributed by atoms with van der Waals surface area (Å²) in [5.74, 6) is 0.108. The minimum absolute atomic E-state index is 0.0709. The Labute approximate surface area is 130 Å². The summed E-state index contributed by atoms with van der Waals surface area (Å²) in [6, 6.07) is -0.316. The van der Waals surface area contributed by atoms with E-state index in [0.29, 0.717) is 12.2 Å². The highest BCUT2D eigenvalue weighted by molar-refractivity contribution is 7.91. The Bertz CT molecular complexity index is 669. The first kappa shape index (κ1) is 15.5. The predicted molar refractivity (Wildman–Crippen MR) is 82.3 cm³/mol. The van der Waals surface area contributed by atoms with Gasteiger partial charge in [-0.2, -0.15) is 0 Å². The number of sulfone groups is 1. The van der Waals surface area contributed by atoms with Crippen LogP contribution in [0.15, 0.2) is 12.5 Å². The molecule has 2 aliphatic rings. The lowest BCUT2D eigenvalue weighted by atomic mass is 10.0. The molecule has 2 atom stereocenters. The molecule has 22 heavy (non-hydrogen) atoms. The highest BCUT2D eigenvalue weighted by Gasteiger charge is 2.48. The van der Waals surface area contributed by atoms with E-state index in [4.69, 9.17) is 0 Å². The second-order valence-corrected chi connectivity index (χ2v) is 8.29. The molecule has 2 fully saturated rings. The zero-order valence-electron chi connectivity index (χ0n) is 13.0. The van der Waals surface area contributed by atoms with Crippen molar-refractivity contribution in [1.29, 1.82) is 0 Å². The molecule has 122 valence electrons. The summed E-state index contributed by atoms with van der Waals surface area (Å²) < 4.78 is 25.9. The van der Waals surface area contributed by atoms with Crippen LogP contribution in [0.5, 0.6) is 0 Å². The summed E-state index contributed by atoms with van der Waals surface area (Å²) in [5, 5.41) is 0. The summed E-state index contributed by atoms with van der Waals surface area (Å²) in [5.41, 5.74) is 0.506. The van der Waals surface area contributed by atoms with E-state index >= 15 is 0 Å². The first-order chi connectivity index (χ1) is 10.4. The maximum atomic E-state index is 12.8. The first-order valence-corrected chi connectivity index (χ1v) is 9.47. The van der Waals surface area contributed by atoms with Crippen LogP contribution < -0.4 is 0 Å². The van der Waals surface area contributed by atoms with Gasteiger partial charge in [0, 0.05) is 26.2 Å². The number of amides is 1. The van der Waals surface area contributed by atoms with E-state index in [9.17, 15) is 13.2 Å². The number of aryl methyl sites for hydroxylation is 1. The molecule has 0 spiro atoms. The molecule has 0 saturated carbocycles. The first-order valence-electron chi connectivity index (χ1n) is 7.64. The largest absolute Gasteiger partial charge is 0.330 e. The topological polar surface area (TPSA) is 75.5 Å². The normalized spacial score (nSPS) is 27.8. The molecule has 1 aromatic heterocycles. The lowest BCUT2D eigenvalue weighted by Crippen LogP contribution is -2.60. The van der Waals surface area contributed by atoms with E-state index in [1.807, 2.05) is 0 Å². The molecule has 0 unspecified atom stereocenters. The Morgan fingerprint density at radius 2 is 2.05 bits per heavy atom. The van der Waals surface area contributed by atoms with E-state index in [1.54, 1.807) is 29.0 Å². The SMILES string of the molecule is CCCN1CCN(C(=O)c2cncn2C)[C@H]2CS(=O)(=O)C[C@H]21. The Kier molecular flexibility index (Phi) is 3.98. The van der Waals surface area contributed by atoms with Crippen LogP contribution in [0.25, 0.3) is 0 Å². The van der Waals surface area contributed by atoms with Gasteiger partial charge in [0.1, 0.15) is 5.69 Å². The molecule has 7 nitrogen and oxygen atoms in total. The maximum absolute atomic E-state index is 12.8. The molecule has 1 aromatic rings. The van der Waals surface area contributed by atoms with Crippen LogP contribution in [0.4, 0.5) is 0 Å². The molecule has 0 bridgehead atoms. The summed E-state index contributed by atoms with van der Waals surface area (Å²) in [6.45, 7) is 4.27. The summed E-state index contributed by atoms with van der Waals surface area (Å²) in [6.07, 6.45) is 4.11. The van der Waals surface area contributed by atoms with Gasteiger partial charge in [-0.1, -0.05) is 6.92 Å². The Morgan fingerprint density at radius 3 is 2.68 bits per heavy atom. The van der Waals surface area contributed by atoms with Gasteiger partial charge in [-0.25, -0.2) is 13.4 Å². The lowest BCUT2D eigenvalue weighted by Gasteiger charge is -2.43. The number of carbonyl (C=O) groups is 1. The average molecular weight is 326 g/mol. The lowest BCUT2D eigenvalue weighted by molar-refractivity contribution is 0.0325. The average Bonchev–Trinajstić information content (AvgIpc) is 3.01. The van der Waals surface area contributed by atoms with Gasteiger partial charge in [0.2, 0.25) is 0 Å². The zero-order chi connectivity index (χ0) is 15.9. The van der Waals surface area contributed by atoms with Crippen molar-refractivity contribution in [3.8, 4) is 0 Å². The van der Waals surface area contributed by atoms with Gasteiger partial charge in [0.25, 0.3) is 5.91 Å². The van der Waals surface area contributed by atoms with Crippen LogP contribution >= 0.6 is 0 Å². The fourth-order valence-electron chi connectivity index (χ4n) is 3.55. The van der Waals surface area contributed by atoms with Gasteiger partial charge in [-0.15, -0.1) is 0 Å². The van der Waals surface area contributed by atoms with E-state index in [1.165, 1.54) is 0 Å². The Balaban J connectivity index is 1.88. The molecule has 2 aliphatic heterocycles. The smallest absolute Gasteiger partial charge is 0.272 e. The van der Waals surface area contributed by atoms with Gasteiger partial charge >= 0.3 is 0 Å². The number of fused-ring (bicyclic) bond motifs is 1. The van der Waals surface area contributed by atoms with Crippen molar-refractivity contribution in [2.75, 3.05) is 31.1 Å². The number of piperazine rings is 1. The van der Waals surface area contributed by atoms with Gasteiger partial charge in [0.15, 0.2) is 9.84 Å². The van der Waals surface area contributed by atoms with E-state index in [0.717, 1.165) is 19.5 Å². The number of hydrogen-bond acceptors (Lipinski definition) is 5. The Morgan fingerprint density at radius 1 is 1.32 bits per heavy atom. The highest BCUT2D eigenvalue weighted by Crippen LogP contribution is 2.28. The monoisotopic (exact) mass is 326 g/mol. The summed E-state index contributed by atoms with van der Waals surface area (Å²) >= 11 is 0. The van der Waals surface area contributed by atoms with E-state index in [-0.39, 0.29) is 29.5 Å². The van der Waals surface area contributed by atoms with Crippen molar-refractivity contribution in [2.24, 2.45) is 7.05 Å². The summed E-state index contributed by atoms with van der Waals surface area (Å²) in [7, 11) is -1.31. The van der Waals surface area contributed by atoms with E-state index in [2.05, 4.69) is 16.8 Å². The fraction of sp³-hybridized carbons (Fsp3) is 0.714. The number of hydrogen-bond donors (Lipinski definition) is 0. The standard InChI is InChI=1S/C14H22N4O3S/c1-3-4-17-5-6-18(13-9-22(20,21)8-12(13)17)14(19)11-7-15-10-16(11)2/h7,10,12-13H,3-6,8-9H2,1-2H3/t12-,13+/m1/s1. The van der Waals surface area contributed by atoms with Crippen LogP contribution in [-0.2, 0) is 16.9 Å². The van der Waals surface area contributed by atoms with Crippen molar-refractivity contribution < 1.29 is 13.2 Å². The van der Waals surface area contributed by atoms with Crippen LogP contribution in [0, 0.1) is 0 Å². The quantitative estimate of drug-likeness (QED) is 0.766. The molecule has 2 saturated heterocycles. The third-order valence-corrected chi connectivity index (χ3v) is 6.30. The number of nitrogens with zero attached hydrogens (tertiary/aromatic N) is 4. The van der Waals surface area contributed by atoms with Gasteiger partial charge in [0.05, 0.1) is 30.1 Å². The molecular formula is C14H22N4O3S. The zero-order valence-corrected chi connectivity index (χ0v) is 13.8. The number of aromatic nitrogens is 2. The molecule has 3 rings (SSSR count). The molecule has 8 heteroatoms. The summed E-state index contributed by atoms with van der Waals surface area (Å²) in [4.78, 5) is 20.7. The number of imidazole rings is 1. The van der Waals surface area contributed by atoms with Gasteiger partial charge in [-0.3, -0.25) is 9.69 Å². The van der Waals surface area contributed by atoms with Crippen LogP contribution in [0.2, 0.25) is 0 Å². The van der Waals surface area contributed by atoms with E-state index < -0.39 is 9.84 Å². The minimum Gasteiger partial charge on any atom is -0.330 e. The van der Waals surface area contributed by atoms with Crippen LogP contribution in [0.1, 0.15) is 23.8 Å². The van der Waals surface area contributed by atoms with Crippen molar-refractivity contribution in [1.82, 2.24) is 19.4 Å². The second kappa shape index (κ2) is 5.66. The van der Waals surface area contributed by atoms with Crippen molar-refractivity contribution in [3.63, 3.8) is 0 Å². The third kappa shape index (κ3) is 2.65. The van der Waals surface area contributed by atoms with Crippen LogP contribution in [-0.4, -0.2) is 76.9 Å². The maximum Gasteiger partial charge on any atom is 0.272 e. The second-order valence-electron chi connectivity index (χ2n) is 6.14. The highest BCUT2D eigenvalue weighted by atomic mass is 32.2. The van der Waals surface area contributed by atoms with Crippen LogP contribution in [0.3, 0.4) is 0 Å². The van der Waals surface area contributed by atoms with Gasteiger partial charge < -0.3 is 9.47 Å². The fourth-order valence-corrected chi connectivity index (χ4v) is 5.56. The molecule has 0 aromatic carbocycles. The van der Waals surface area contributed by atoms with Crippen molar-refractivity contribution in [2.45, 2.75) is 25.4 Å². The molecule has 0 radical (unpaired) electrons. The Hall–Kier alpha value is -1.41. The van der Waals surface area contributed by atoms with Crippen molar-refractivity contribution in [3.05, 3.63) is 18.2 Å². The predicted octanol–water partition coefficient (Wildman–Crippen LogP) is -0.246. The number of carbonyl (C=O) groups excluding carboxylic acids is 1. The molecular weight excluding hydrogens is 304 g/mol. The molecule has 0 N–H and O–H groups in total. The van der Waals surface area contributed by atoms with Gasteiger partial charge in [-0.05, 0) is 13.0 Å². The molecule has 3 heterocycles. The van der Waals surface area contributed by atoms with Crippen molar-refractivity contribution >= 4 is 15.7 Å².